The fourth-order valence-electron chi connectivity index (χ4n) is 1.72. The number of hydrogen-bond donors (Lipinski definition) is 3. The molecule has 0 aliphatic heterocycles. The Morgan fingerprint density at radius 1 is 1.19 bits per heavy atom. The van der Waals surface area contributed by atoms with Gasteiger partial charge in [0.25, 0.3) is 5.91 Å². The van der Waals surface area contributed by atoms with E-state index in [1.165, 1.54) is 24.4 Å². The largest absolute Gasteiger partial charge is 0.397 e. The van der Waals surface area contributed by atoms with Crippen molar-refractivity contribution in [1.82, 2.24) is 4.98 Å². The summed E-state index contributed by atoms with van der Waals surface area (Å²) in [5.74, 6) is -0.447. The summed E-state index contributed by atoms with van der Waals surface area (Å²) >= 11 is 0. The minimum atomic E-state index is -0.675. The van der Waals surface area contributed by atoms with Gasteiger partial charge in [0.15, 0.2) is 0 Å². The molecule has 0 saturated heterocycles. The number of nitrogens with one attached hydrogen (secondary N) is 1. The predicted molar refractivity (Wildman–Crippen MR) is 76.3 cm³/mol. The van der Waals surface area contributed by atoms with Crippen molar-refractivity contribution in [3.05, 3.63) is 47.2 Å². The minimum absolute atomic E-state index is 0.137. The number of rotatable bonds is 3. The highest BCUT2D eigenvalue weighted by atomic mass is 16.1. The molecule has 0 atom stereocenters. The van der Waals surface area contributed by atoms with Gasteiger partial charge in [-0.1, -0.05) is 0 Å². The maximum Gasteiger partial charge on any atom is 0.252 e. The van der Waals surface area contributed by atoms with Gasteiger partial charge in [-0.05, 0) is 24.3 Å². The van der Waals surface area contributed by atoms with E-state index in [-0.39, 0.29) is 22.5 Å². The second-order valence-electron chi connectivity index (χ2n) is 4.14. The number of anilines is 3. The van der Waals surface area contributed by atoms with Crippen LogP contribution >= 0.6 is 0 Å². The van der Waals surface area contributed by atoms with Crippen molar-refractivity contribution in [1.29, 1.82) is 10.5 Å². The third-order valence-electron chi connectivity index (χ3n) is 2.70. The maximum absolute atomic E-state index is 11.4. The third kappa shape index (κ3) is 2.88. The van der Waals surface area contributed by atoms with Crippen LogP contribution in [0.2, 0.25) is 0 Å². The van der Waals surface area contributed by atoms with E-state index in [2.05, 4.69) is 10.3 Å². The first-order valence-electron chi connectivity index (χ1n) is 5.81. The van der Waals surface area contributed by atoms with Gasteiger partial charge in [-0.3, -0.25) is 4.79 Å². The molecule has 102 valence electrons. The molecular weight excluding hydrogens is 268 g/mol. The van der Waals surface area contributed by atoms with Crippen molar-refractivity contribution in [2.45, 2.75) is 0 Å². The molecule has 0 aliphatic rings. The van der Waals surface area contributed by atoms with Gasteiger partial charge in [-0.15, -0.1) is 0 Å². The number of aromatic nitrogens is 1. The van der Waals surface area contributed by atoms with Gasteiger partial charge in [0.2, 0.25) is 0 Å². The van der Waals surface area contributed by atoms with E-state index < -0.39 is 5.91 Å². The first kappa shape index (κ1) is 13.8. The number of nitrogens with two attached hydrogens (primary N) is 2. The predicted octanol–water partition coefficient (Wildman–Crippen LogP) is 1.25. The number of carbonyl (C=O) groups excluding carboxylic acids is 1. The van der Waals surface area contributed by atoms with Crippen molar-refractivity contribution in [3.8, 4) is 12.1 Å². The molecule has 0 spiro atoms. The lowest BCUT2D eigenvalue weighted by molar-refractivity contribution is 0.100. The number of nitrogen functional groups attached to an aromatic ring is 1. The summed E-state index contributed by atoms with van der Waals surface area (Å²) in [4.78, 5) is 15.4. The second kappa shape index (κ2) is 5.59. The molecule has 0 bridgehead atoms. The van der Waals surface area contributed by atoms with Crippen LogP contribution in [0.25, 0.3) is 0 Å². The van der Waals surface area contributed by atoms with E-state index in [1.54, 1.807) is 6.07 Å². The lowest BCUT2D eigenvalue weighted by atomic mass is 10.1. The Labute approximate surface area is 120 Å². The molecule has 7 nitrogen and oxygen atoms in total. The van der Waals surface area contributed by atoms with Crippen LogP contribution in [0.1, 0.15) is 21.5 Å². The van der Waals surface area contributed by atoms with Crippen LogP contribution in [0.4, 0.5) is 17.2 Å². The number of pyridine rings is 1. The van der Waals surface area contributed by atoms with Crippen LogP contribution in [-0.4, -0.2) is 10.9 Å². The van der Waals surface area contributed by atoms with E-state index >= 15 is 0 Å². The molecule has 2 rings (SSSR count). The van der Waals surface area contributed by atoms with Gasteiger partial charge < -0.3 is 16.8 Å². The molecule has 5 N–H and O–H groups in total. The van der Waals surface area contributed by atoms with Gasteiger partial charge in [0.05, 0.1) is 28.6 Å². The molecule has 1 aromatic heterocycles. The lowest BCUT2D eigenvalue weighted by Gasteiger charge is -2.10. The Kier molecular flexibility index (Phi) is 3.69. The normalized spacial score (nSPS) is 9.43. The molecule has 7 heteroatoms. The first-order chi connectivity index (χ1) is 10.0. The van der Waals surface area contributed by atoms with Gasteiger partial charge in [-0.25, -0.2) is 4.98 Å². The highest BCUT2D eigenvalue weighted by Crippen LogP contribution is 2.22. The minimum Gasteiger partial charge on any atom is -0.397 e. The van der Waals surface area contributed by atoms with Crippen molar-refractivity contribution >= 4 is 23.1 Å². The molecule has 21 heavy (non-hydrogen) atoms. The number of benzene rings is 1. The first-order valence-corrected chi connectivity index (χ1v) is 5.81. The average Bonchev–Trinajstić information content (AvgIpc) is 2.48. The van der Waals surface area contributed by atoms with Crippen molar-refractivity contribution in [2.75, 3.05) is 11.1 Å². The Bertz CT molecular complexity index is 800. The van der Waals surface area contributed by atoms with Gasteiger partial charge in [-0.2, -0.15) is 10.5 Å². The maximum atomic E-state index is 11.4. The number of primary amides is 1. The molecule has 0 unspecified atom stereocenters. The second-order valence-corrected chi connectivity index (χ2v) is 4.14. The quantitative estimate of drug-likeness (QED) is 0.771. The van der Waals surface area contributed by atoms with Gasteiger partial charge in [0.1, 0.15) is 18.0 Å². The number of nitrogens with zero attached hydrogens (tertiary/aromatic N) is 3. The summed E-state index contributed by atoms with van der Waals surface area (Å²) in [5, 5.41) is 20.7. The molecule has 0 saturated carbocycles. The highest BCUT2D eigenvalue weighted by molar-refractivity contribution is 5.99. The van der Waals surface area contributed by atoms with E-state index in [9.17, 15) is 4.79 Å². The number of nitriles is 2. The van der Waals surface area contributed by atoms with E-state index in [0.717, 1.165) is 0 Å². The number of amides is 1. The van der Waals surface area contributed by atoms with Crippen molar-refractivity contribution in [2.24, 2.45) is 5.73 Å². The smallest absolute Gasteiger partial charge is 0.252 e. The summed E-state index contributed by atoms with van der Waals surface area (Å²) in [5.41, 5.74) is 12.3. The van der Waals surface area contributed by atoms with E-state index in [0.29, 0.717) is 11.4 Å². The number of carbonyl (C=O) groups is 1. The summed E-state index contributed by atoms with van der Waals surface area (Å²) in [6, 6.07) is 9.84. The zero-order valence-electron chi connectivity index (χ0n) is 10.8. The molecule has 0 aliphatic carbocycles. The highest BCUT2D eigenvalue weighted by Gasteiger charge is 2.11. The van der Waals surface area contributed by atoms with Gasteiger partial charge >= 0.3 is 0 Å². The molecule has 0 radical (unpaired) electrons. The molecule has 0 fully saturated rings. The van der Waals surface area contributed by atoms with E-state index in [1.807, 2.05) is 12.1 Å². The lowest BCUT2D eigenvalue weighted by Crippen LogP contribution is -2.14. The van der Waals surface area contributed by atoms with Gasteiger partial charge in [0, 0.05) is 5.69 Å². The third-order valence-corrected chi connectivity index (χ3v) is 2.70. The van der Waals surface area contributed by atoms with Crippen LogP contribution in [-0.2, 0) is 0 Å². The van der Waals surface area contributed by atoms with Crippen LogP contribution in [0.5, 0.6) is 0 Å². The monoisotopic (exact) mass is 278 g/mol. The summed E-state index contributed by atoms with van der Waals surface area (Å²) in [6.07, 6.45) is 1.38. The standard InChI is InChI=1S/C14H10N6O/c15-5-8-1-2-11(3-9(8)6-16)20-14-12(13(18)21)4-10(17)7-19-14/h1-4,7H,17H2,(H2,18,21)(H,19,20). The Morgan fingerprint density at radius 3 is 2.52 bits per heavy atom. The van der Waals surface area contributed by atoms with Crippen LogP contribution in [0.15, 0.2) is 30.5 Å². The summed E-state index contributed by atoms with van der Waals surface area (Å²) in [7, 11) is 0. The fraction of sp³-hybridized carbons (Fsp3) is 0. The fourth-order valence-corrected chi connectivity index (χ4v) is 1.72. The summed E-state index contributed by atoms with van der Waals surface area (Å²) in [6.45, 7) is 0. The molecule has 2 aromatic rings. The molecule has 1 amide bonds. The van der Waals surface area contributed by atoms with Crippen molar-refractivity contribution < 1.29 is 4.79 Å². The molecule has 1 aromatic carbocycles. The van der Waals surface area contributed by atoms with Crippen LogP contribution in [0.3, 0.4) is 0 Å². The van der Waals surface area contributed by atoms with Crippen molar-refractivity contribution in [3.63, 3.8) is 0 Å². The van der Waals surface area contributed by atoms with Crippen LogP contribution in [0, 0.1) is 22.7 Å². The zero-order valence-corrected chi connectivity index (χ0v) is 10.8. The van der Waals surface area contributed by atoms with Crippen LogP contribution < -0.4 is 16.8 Å². The average molecular weight is 278 g/mol. The molecular formula is C14H10N6O. The van der Waals surface area contributed by atoms with E-state index in [4.69, 9.17) is 22.0 Å². The Hall–Kier alpha value is -3.58. The number of hydrogen-bond acceptors (Lipinski definition) is 6. The Balaban J connectivity index is 2.42. The topological polar surface area (TPSA) is 142 Å². The summed E-state index contributed by atoms with van der Waals surface area (Å²) < 4.78 is 0. The SMILES string of the molecule is N#Cc1ccc(Nc2ncc(N)cc2C(N)=O)cc1C#N. The zero-order chi connectivity index (χ0) is 15.4. The Morgan fingerprint density at radius 2 is 1.90 bits per heavy atom. The molecule has 1 heterocycles.